The number of benzene rings is 3. The summed E-state index contributed by atoms with van der Waals surface area (Å²) in [6.07, 6.45) is 1.86. The normalized spacial score (nSPS) is 23.6. The van der Waals surface area contributed by atoms with Gasteiger partial charge in [0.15, 0.2) is 0 Å². The summed E-state index contributed by atoms with van der Waals surface area (Å²) in [5.41, 5.74) is 10.2. The molecule has 3 aromatic carbocycles. The Bertz CT molecular complexity index is 1260. The molecule has 3 aromatic rings. The SMILES string of the molecule is CCc1ccc(OC)c(CNC2C3CCN(CC3C(=O)NCC(N)=O)C2C(c2ccccc2)c2ccccc2)c1. The van der Waals surface area contributed by atoms with E-state index in [1.54, 1.807) is 7.11 Å². The van der Waals surface area contributed by atoms with Gasteiger partial charge in [0, 0.05) is 36.7 Å². The number of nitrogens with zero attached hydrogens (tertiary/aromatic N) is 1. The smallest absolute Gasteiger partial charge is 0.236 e. The Labute approximate surface area is 237 Å². The Morgan fingerprint density at radius 3 is 2.30 bits per heavy atom. The maximum absolute atomic E-state index is 13.3. The van der Waals surface area contributed by atoms with Crippen molar-refractivity contribution in [3.8, 4) is 5.75 Å². The van der Waals surface area contributed by atoms with Crippen molar-refractivity contribution in [1.29, 1.82) is 0 Å². The number of aryl methyl sites for hydroxylation is 1. The quantitative estimate of drug-likeness (QED) is 0.346. The molecule has 3 aliphatic heterocycles. The molecule has 3 heterocycles. The fourth-order valence-corrected chi connectivity index (χ4v) is 6.77. The first-order valence-corrected chi connectivity index (χ1v) is 14.3. The molecule has 2 bridgehead atoms. The van der Waals surface area contributed by atoms with Crippen LogP contribution >= 0.6 is 0 Å². The molecule has 7 heteroatoms. The molecule has 3 fully saturated rings. The molecule has 210 valence electrons. The third-order valence-corrected chi connectivity index (χ3v) is 8.66. The predicted octanol–water partition coefficient (Wildman–Crippen LogP) is 3.47. The monoisotopic (exact) mass is 540 g/mol. The maximum Gasteiger partial charge on any atom is 0.236 e. The van der Waals surface area contributed by atoms with E-state index in [4.69, 9.17) is 10.5 Å². The van der Waals surface area contributed by atoms with Crippen LogP contribution in [0.15, 0.2) is 78.9 Å². The third-order valence-electron chi connectivity index (χ3n) is 8.66. The van der Waals surface area contributed by atoms with Gasteiger partial charge >= 0.3 is 0 Å². The van der Waals surface area contributed by atoms with Crippen LogP contribution in [0.3, 0.4) is 0 Å². The van der Waals surface area contributed by atoms with Crippen LogP contribution in [0, 0.1) is 11.8 Å². The van der Waals surface area contributed by atoms with Crippen molar-refractivity contribution in [3.05, 3.63) is 101 Å². The number of rotatable bonds is 11. The number of carbonyl (C=O) groups is 2. The van der Waals surface area contributed by atoms with Crippen molar-refractivity contribution < 1.29 is 14.3 Å². The first-order valence-electron chi connectivity index (χ1n) is 14.3. The van der Waals surface area contributed by atoms with E-state index in [0.717, 1.165) is 30.7 Å². The van der Waals surface area contributed by atoms with Crippen molar-refractivity contribution in [1.82, 2.24) is 15.5 Å². The summed E-state index contributed by atoms with van der Waals surface area (Å²) in [4.78, 5) is 27.2. The molecule has 0 spiro atoms. The van der Waals surface area contributed by atoms with E-state index in [1.165, 1.54) is 16.7 Å². The van der Waals surface area contributed by atoms with Crippen molar-refractivity contribution in [3.63, 3.8) is 0 Å². The fourth-order valence-electron chi connectivity index (χ4n) is 6.77. The minimum absolute atomic E-state index is 0.0345. The zero-order valence-corrected chi connectivity index (χ0v) is 23.4. The second-order valence-electron chi connectivity index (χ2n) is 10.9. The highest BCUT2D eigenvalue weighted by Crippen LogP contribution is 2.44. The Kier molecular flexibility index (Phi) is 8.82. The van der Waals surface area contributed by atoms with Gasteiger partial charge in [-0.3, -0.25) is 14.5 Å². The van der Waals surface area contributed by atoms with Crippen LogP contribution in [0.4, 0.5) is 0 Å². The third kappa shape index (κ3) is 5.91. The van der Waals surface area contributed by atoms with Gasteiger partial charge < -0.3 is 21.1 Å². The molecular formula is C33H40N4O3. The first-order chi connectivity index (χ1) is 19.5. The Morgan fingerprint density at radius 1 is 1.02 bits per heavy atom. The summed E-state index contributed by atoms with van der Waals surface area (Å²) in [6, 6.07) is 27.9. The molecule has 2 amide bonds. The number of primary amides is 1. The number of amides is 2. The molecule has 0 aromatic heterocycles. The van der Waals surface area contributed by atoms with E-state index in [1.807, 2.05) is 6.07 Å². The van der Waals surface area contributed by atoms with Gasteiger partial charge in [-0.15, -0.1) is 0 Å². The number of nitrogens with one attached hydrogen (secondary N) is 2. The lowest BCUT2D eigenvalue weighted by Gasteiger charge is -2.56. The first kappa shape index (κ1) is 27.9. The summed E-state index contributed by atoms with van der Waals surface area (Å²) in [5.74, 6) is 0.247. The molecule has 5 unspecified atom stereocenters. The Hall–Kier alpha value is -3.68. The van der Waals surface area contributed by atoms with Crippen LogP contribution in [-0.2, 0) is 22.6 Å². The molecule has 0 radical (unpaired) electrons. The average Bonchev–Trinajstić information content (AvgIpc) is 3.00. The van der Waals surface area contributed by atoms with Crippen molar-refractivity contribution >= 4 is 11.8 Å². The van der Waals surface area contributed by atoms with Gasteiger partial charge in [-0.05, 0) is 48.1 Å². The minimum Gasteiger partial charge on any atom is -0.496 e. The largest absolute Gasteiger partial charge is 0.496 e. The number of nitrogens with two attached hydrogens (primary N) is 1. The summed E-state index contributed by atoms with van der Waals surface area (Å²) >= 11 is 0. The molecule has 4 N–H and O–H groups in total. The standard InChI is InChI=1S/C33H40N4O3/c1-3-22-14-15-28(40-2)25(18-22)19-35-31-26-16-17-37(21-27(26)33(39)36-20-29(34)38)32(31)30(23-10-6-4-7-11-23)24-12-8-5-9-13-24/h4-15,18,26-27,30-32,35H,3,16-17,19-21H2,1-2H3,(H2,34,38)(H,36,39). The number of piperidine rings is 3. The molecule has 6 rings (SSSR count). The van der Waals surface area contributed by atoms with Gasteiger partial charge in [-0.2, -0.15) is 0 Å². The minimum atomic E-state index is -0.529. The topological polar surface area (TPSA) is 96.7 Å². The number of fused-ring (bicyclic) bond motifs is 3. The van der Waals surface area contributed by atoms with Gasteiger partial charge in [0.2, 0.25) is 11.8 Å². The van der Waals surface area contributed by atoms with Crippen molar-refractivity contribution in [2.45, 2.75) is 44.3 Å². The number of carbonyl (C=O) groups excluding carboxylic acids is 2. The second kappa shape index (κ2) is 12.7. The molecule has 0 saturated carbocycles. The molecular weight excluding hydrogens is 500 g/mol. The van der Waals surface area contributed by atoms with E-state index < -0.39 is 5.91 Å². The zero-order chi connectivity index (χ0) is 28.1. The summed E-state index contributed by atoms with van der Waals surface area (Å²) in [6.45, 7) is 4.23. The van der Waals surface area contributed by atoms with Crippen LogP contribution in [0.25, 0.3) is 0 Å². The predicted molar refractivity (Wildman–Crippen MR) is 157 cm³/mol. The molecule has 3 aliphatic rings. The van der Waals surface area contributed by atoms with E-state index in [-0.39, 0.29) is 42.3 Å². The van der Waals surface area contributed by atoms with Gasteiger partial charge in [0.05, 0.1) is 19.6 Å². The Morgan fingerprint density at radius 2 is 1.70 bits per heavy atom. The van der Waals surface area contributed by atoms with Crippen LogP contribution < -0.4 is 21.1 Å². The lowest BCUT2D eigenvalue weighted by atomic mass is 9.66. The average molecular weight is 541 g/mol. The zero-order valence-electron chi connectivity index (χ0n) is 23.4. The van der Waals surface area contributed by atoms with Crippen LogP contribution in [0.5, 0.6) is 5.75 Å². The highest BCUT2D eigenvalue weighted by atomic mass is 16.5. The van der Waals surface area contributed by atoms with E-state index >= 15 is 0 Å². The molecule has 0 aliphatic carbocycles. The van der Waals surface area contributed by atoms with E-state index in [2.05, 4.69) is 95.3 Å². The highest BCUT2D eigenvalue weighted by Gasteiger charge is 2.52. The van der Waals surface area contributed by atoms with Gasteiger partial charge in [0.25, 0.3) is 0 Å². The van der Waals surface area contributed by atoms with Gasteiger partial charge in [-0.25, -0.2) is 0 Å². The van der Waals surface area contributed by atoms with Gasteiger partial charge in [0.1, 0.15) is 5.75 Å². The Balaban J connectivity index is 1.52. The van der Waals surface area contributed by atoms with Crippen molar-refractivity contribution in [2.75, 3.05) is 26.7 Å². The number of hydrogen-bond donors (Lipinski definition) is 3. The van der Waals surface area contributed by atoms with E-state index in [9.17, 15) is 9.59 Å². The molecule has 7 nitrogen and oxygen atoms in total. The number of methoxy groups -OCH3 is 1. The second-order valence-corrected chi connectivity index (χ2v) is 10.9. The maximum atomic E-state index is 13.3. The van der Waals surface area contributed by atoms with Crippen molar-refractivity contribution in [2.24, 2.45) is 17.6 Å². The fraction of sp³-hybridized carbons (Fsp3) is 0.394. The van der Waals surface area contributed by atoms with Crippen LogP contribution in [-0.4, -0.2) is 55.5 Å². The summed E-state index contributed by atoms with van der Waals surface area (Å²) < 4.78 is 5.72. The molecule has 3 saturated heterocycles. The summed E-state index contributed by atoms with van der Waals surface area (Å²) in [5, 5.41) is 6.71. The lowest BCUT2D eigenvalue weighted by molar-refractivity contribution is -0.136. The van der Waals surface area contributed by atoms with Crippen LogP contribution in [0.1, 0.15) is 41.5 Å². The highest BCUT2D eigenvalue weighted by molar-refractivity contribution is 5.85. The van der Waals surface area contributed by atoms with Gasteiger partial charge in [-0.1, -0.05) is 79.7 Å². The molecule has 40 heavy (non-hydrogen) atoms. The lowest BCUT2D eigenvalue weighted by Crippen LogP contribution is -2.69. The number of hydrogen-bond acceptors (Lipinski definition) is 5. The van der Waals surface area contributed by atoms with E-state index in [0.29, 0.717) is 13.1 Å². The number of ether oxygens (including phenoxy) is 1. The summed E-state index contributed by atoms with van der Waals surface area (Å²) in [7, 11) is 1.71. The molecule has 5 atom stereocenters. The van der Waals surface area contributed by atoms with Crippen LogP contribution in [0.2, 0.25) is 0 Å².